The zero-order chi connectivity index (χ0) is 12.5. The molecule has 4 heteroatoms. The van der Waals surface area contributed by atoms with Crippen molar-refractivity contribution in [3.8, 4) is 0 Å². The van der Waals surface area contributed by atoms with Crippen LogP contribution in [-0.2, 0) is 14.3 Å². The third-order valence-corrected chi connectivity index (χ3v) is 2.11. The summed E-state index contributed by atoms with van der Waals surface area (Å²) >= 11 is 0. The number of hydrogen-bond acceptors (Lipinski definition) is 4. The number of Topliss-reactive ketones (excluding diaryl/α,β-unsaturated/α-hetero) is 1. The average Bonchev–Trinajstić information content (AvgIpc) is 2.21. The van der Waals surface area contributed by atoms with Crippen molar-refractivity contribution in [3.05, 3.63) is 24.2 Å². The van der Waals surface area contributed by atoms with E-state index in [9.17, 15) is 9.90 Å². The van der Waals surface area contributed by atoms with Gasteiger partial charge < -0.3 is 14.6 Å². The Morgan fingerprint density at radius 2 is 1.75 bits per heavy atom. The number of aliphatic hydroxyl groups is 1. The van der Waals surface area contributed by atoms with E-state index < -0.39 is 11.4 Å². The van der Waals surface area contributed by atoms with Crippen molar-refractivity contribution in [2.24, 2.45) is 0 Å². The first-order chi connectivity index (χ1) is 7.32. The summed E-state index contributed by atoms with van der Waals surface area (Å²) < 4.78 is 10.7. The SMILES string of the molecule is C=CC1(O)C(=O)C(OC(C)C)=C1OC(C)C. The van der Waals surface area contributed by atoms with E-state index >= 15 is 0 Å². The lowest BCUT2D eigenvalue weighted by Crippen LogP contribution is -2.51. The maximum absolute atomic E-state index is 11.7. The van der Waals surface area contributed by atoms with E-state index in [1.807, 2.05) is 13.8 Å². The van der Waals surface area contributed by atoms with E-state index in [1.54, 1.807) is 13.8 Å². The van der Waals surface area contributed by atoms with E-state index in [4.69, 9.17) is 9.47 Å². The molecule has 1 N–H and O–H groups in total. The predicted molar refractivity (Wildman–Crippen MR) is 59.6 cm³/mol. The highest BCUT2D eigenvalue weighted by molar-refractivity contribution is 6.11. The van der Waals surface area contributed by atoms with Crippen LogP contribution >= 0.6 is 0 Å². The van der Waals surface area contributed by atoms with Crippen LogP contribution in [0.2, 0.25) is 0 Å². The van der Waals surface area contributed by atoms with Crippen LogP contribution in [0.4, 0.5) is 0 Å². The minimum Gasteiger partial charge on any atom is -0.487 e. The number of ether oxygens (including phenoxy) is 2. The maximum Gasteiger partial charge on any atom is 0.244 e. The number of carbonyl (C=O) groups is 1. The highest BCUT2D eigenvalue weighted by atomic mass is 16.5. The Hall–Kier alpha value is -1.29. The lowest BCUT2D eigenvalue weighted by atomic mass is 9.83. The third kappa shape index (κ3) is 1.97. The topological polar surface area (TPSA) is 55.8 Å². The molecule has 0 aromatic carbocycles. The van der Waals surface area contributed by atoms with Crippen LogP contribution in [0.25, 0.3) is 0 Å². The van der Waals surface area contributed by atoms with Crippen LogP contribution < -0.4 is 0 Å². The number of ketones is 1. The Balaban J connectivity index is 3.02. The minimum absolute atomic E-state index is 0.103. The molecule has 0 fully saturated rings. The number of hydrogen-bond donors (Lipinski definition) is 1. The number of rotatable bonds is 5. The van der Waals surface area contributed by atoms with Gasteiger partial charge in [-0.3, -0.25) is 4.79 Å². The molecule has 1 aliphatic rings. The van der Waals surface area contributed by atoms with Crippen LogP contribution in [0.5, 0.6) is 0 Å². The molecule has 0 heterocycles. The van der Waals surface area contributed by atoms with Gasteiger partial charge in [-0.1, -0.05) is 6.58 Å². The van der Waals surface area contributed by atoms with Gasteiger partial charge in [0.05, 0.1) is 12.2 Å². The molecular weight excluding hydrogens is 208 g/mol. The summed E-state index contributed by atoms with van der Waals surface area (Å²) in [7, 11) is 0. The molecule has 0 aromatic rings. The molecule has 0 radical (unpaired) electrons. The van der Waals surface area contributed by atoms with Crippen molar-refractivity contribution in [2.75, 3.05) is 0 Å². The minimum atomic E-state index is -1.71. The third-order valence-electron chi connectivity index (χ3n) is 2.11. The largest absolute Gasteiger partial charge is 0.487 e. The van der Waals surface area contributed by atoms with Crippen molar-refractivity contribution >= 4 is 5.78 Å². The Kier molecular flexibility index (Phi) is 3.43. The normalized spacial score (nSPS) is 24.8. The van der Waals surface area contributed by atoms with Crippen molar-refractivity contribution in [1.29, 1.82) is 0 Å². The molecule has 0 saturated carbocycles. The Morgan fingerprint density at radius 3 is 2.12 bits per heavy atom. The molecule has 16 heavy (non-hydrogen) atoms. The molecule has 90 valence electrons. The first-order valence-corrected chi connectivity index (χ1v) is 5.31. The second kappa shape index (κ2) is 4.29. The van der Waals surface area contributed by atoms with Gasteiger partial charge in [-0.15, -0.1) is 0 Å². The zero-order valence-corrected chi connectivity index (χ0v) is 10.1. The molecule has 1 aliphatic carbocycles. The first kappa shape index (κ1) is 12.8. The van der Waals surface area contributed by atoms with E-state index in [-0.39, 0.29) is 23.7 Å². The molecule has 0 saturated heterocycles. The molecular formula is C12H18O4. The van der Waals surface area contributed by atoms with Gasteiger partial charge in [0.2, 0.25) is 17.1 Å². The van der Waals surface area contributed by atoms with Gasteiger partial charge in [0.15, 0.2) is 5.76 Å². The van der Waals surface area contributed by atoms with Gasteiger partial charge in [0.1, 0.15) is 0 Å². The number of carbonyl (C=O) groups excluding carboxylic acids is 1. The van der Waals surface area contributed by atoms with Gasteiger partial charge in [0, 0.05) is 0 Å². The maximum atomic E-state index is 11.7. The second-order valence-electron chi connectivity index (χ2n) is 4.29. The molecule has 1 rings (SSSR count). The molecule has 0 amide bonds. The fourth-order valence-corrected chi connectivity index (χ4v) is 1.40. The smallest absolute Gasteiger partial charge is 0.244 e. The molecule has 0 bridgehead atoms. The molecule has 4 nitrogen and oxygen atoms in total. The molecule has 1 atom stereocenters. The van der Waals surface area contributed by atoms with Crippen molar-refractivity contribution in [1.82, 2.24) is 0 Å². The van der Waals surface area contributed by atoms with Crippen LogP contribution in [-0.4, -0.2) is 28.7 Å². The Morgan fingerprint density at radius 1 is 1.25 bits per heavy atom. The standard InChI is InChI=1S/C12H18O4/c1-6-12(14)10(13)9(15-7(2)3)11(12)16-8(4)5/h6-8,14H,1H2,2-5H3. The molecule has 0 spiro atoms. The van der Waals surface area contributed by atoms with Crippen LogP contribution in [0.3, 0.4) is 0 Å². The van der Waals surface area contributed by atoms with Crippen molar-refractivity contribution in [3.63, 3.8) is 0 Å². The summed E-state index contributed by atoms with van der Waals surface area (Å²) in [6, 6.07) is 0. The molecule has 0 aliphatic heterocycles. The van der Waals surface area contributed by atoms with Crippen molar-refractivity contribution < 1.29 is 19.4 Å². The fraction of sp³-hybridized carbons (Fsp3) is 0.583. The fourth-order valence-electron chi connectivity index (χ4n) is 1.40. The van der Waals surface area contributed by atoms with E-state index in [0.29, 0.717) is 0 Å². The monoisotopic (exact) mass is 226 g/mol. The summed E-state index contributed by atoms with van der Waals surface area (Å²) in [6.45, 7) is 10.7. The van der Waals surface area contributed by atoms with Gasteiger partial charge in [0.25, 0.3) is 0 Å². The summed E-state index contributed by atoms with van der Waals surface area (Å²) in [6.07, 6.45) is 0.889. The van der Waals surface area contributed by atoms with Gasteiger partial charge in [-0.2, -0.15) is 0 Å². The lowest BCUT2D eigenvalue weighted by Gasteiger charge is -2.37. The first-order valence-electron chi connectivity index (χ1n) is 5.31. The van der Waals surface area contributed by atoms with E-state index in [1.165, 1.54) is 6.08 Å². The summed E-state index contributed by atoms with van der Waals surface area (Å²) in [5, 5.41) is 9.95. The zero-order valence-electron chi connectivity index (χ0n) is 10.1. The van der Waals surface area contributed by atoms with Crippen LogP contribution in [0, 0.1) is 0 Å². The quantitative estimate of drug-likeness (QED) is 0.723. The highest BCUT2D eigenvalue weighted by Gasteiger charge is 2.55. The summed E-state index contributed by atoms with van der Waals surface area (Å²) in [5.74, 6) is -0.228. The van der Waals surface area contributed by atoms with Crippen LogP contribution in [0.15, 0.2) is 24.2 Å². The second-order valence-corrected chi connectivity index (χ2v) is 4.29. The van der Waals surface area contributed by atoms with Crippen molar-refractivity contribution in [2.45, 2.75) is 45.5 Å². The Labute approximate surface area is 95.6 Å². The summed E-state index contributed by atoms with van der Waals surface area (Å²) in [4.78, 5) is 11.7. The predicted octanol–water partition coefficient (Wildman–Crippen LogP) is 1.55. The molecule has 1 unspecified atom stereocenters. The van der Waals surface area contributed by atoms with Crippen LogP contribution in [0.1, 0.15) is 27.7 Å². The van der Waals surface area contributed by atoms with Gasteiger partial charge >= 0.3 is 0 Å². The Bertz CT molecular complexity index is 341. The lowest BCUT2D eigenvalue weighted by molar-refractivity contribution is -0.144. The summed E-state index contributed by atoms with van der Waals surface area (Å²) in [5.41, 5.74) is -1.71. The average molecular weight is 226 g/mol. The highest BCUT2D eigenvalue weighted by Crippen LogP contribution is 2.38. The van der Waals surface area contributed by atoms with E-state index in [0.717, 1.165) is 0 Å². The molecule has 0 aromatic heterocycles. The van der Waals surface area contributed by atoms with Gasteiger partial charge in [-0.05, 0) is 33.8 Å². The van der Waals surface area contributed by atoms with Gasteiger partial charge in [-0.25, -0.2) is 0 Å². The van der Waals surface area contributed by atoms with E-state index in [2.05, 4.69) is 6.58 Å².